The van der Waals surface area contributed by atoms with Gasteiger partial charge in [-0.3, -0.25) is 4.79 Å². The van der Waals surface area contributed by atoms with E-state index in [1.165, 1.54) is 0 Å². The molecule has 1 aromatic heterocycles. The lowest BCUT2D eigenvalue weighted by Gasteiger charge is -2.10. The van der Waals surface area contributed by atoms with E-state index in [4.69, 9.17) is 11.6 Å². The maximum absolute atomic E-state index is 12.6. The quantitative estimate of drug-likeness (QED) is 0.259. The van der Waals surface area contributed by atoms with Crippen LogP contribution >= 0.6 is 23.4 Å². The summed E-state index contributed by atoms with van der Waals surface area (Å²) >= 11 is 7.59. The van der Waals surface area contributed by atoms with Crippen LogP contribution in [0.4, 0.5) is 0 Å². The zero-order valence-electron chi connectivity index (χ0n) is 17.7. The molecule has 0 saturated carbocycles. The van der Waals surface area contributed by atoms with Gasteiger partial charge in [-0.05, 0) is 86.1 Å². The van der Waals surface area contributed by atoms with Crippen LogP contribution in [0.25, 0.3) is 5.69 Å². The van der Waals surface area contributed by atoms with Crippen molar-refractivity contribution >= 4 is 35.5 Å². The highest BCUT2D eigenvalue weighted by molar-refractivity contribution is 7.99. The van der Waals surface area contributed by atoms with Gasteiger partial charge in [0.2, 0.25) is 0 Å². The number of carbonyl (C=O) groups is 1. The number of aryl methyl sites for hydroxylation is 2. The Hall–Kier alpha value is -3.28. The molecular formula is C26H22ClN3OS. The molecule has 4 aromatic rings. The van der Waals surface area contributed by atoms with E-state index in [9.17, 15) is 4.79 Å². The fourth-order valence-electron chi connectivity index (χ4n) is 3.35. The van der Waals surface area contributed by atoms with Crippen LogP contribution in [0.1, 0.15) is 27.3 Å². The van der Waals surface area contributed by atoms with Gasteiger partial charge in [-0.1, -0.05) is 41.6 Å². The summed E-state index contributed by atoms with van der Waals surface area (Å²) in [6, 6.07) is 27.4. The van der Waals surface area contributed by atoms with Crippen molar-refractivity contribution in [2.45, 2.75) is 23.6 Å². The van der Waals surface area contributed by atoms with Gasteiger partial charge in [0.15, 0.2) is 0 Å². The molecule has 0 fully saturated rings. The van der Waals surface area contributed by atoms with Gasteiger partial charge in [0.25, 0.3) is 5.91 Å². The average molecular weight is 460 g/mol. The zero-order chi connectivity index (χ0) is 22.5. The third-order valence-electron chi connectivity index (χ3n) is 4.95. The SMILES string of the molecule is Cc1ccc(C)n1-c1cccc(C(=O)N/N=C\c2ccc(Sc3ccc(Cl)cc3)cc2)c1. The number of hydrogen-bond acceptors (Lipinski definition) is 3. The van der Waals surface area contributed by atoms with Gasteiger partial charge in [-0.2, -0.15) is 5.10 Å². The lowest BCUT2D eigenvalue weighted by atomic mass is 10.2. The monoisotopic (exact) mass is 459 g/mol. The lowest BCUT2D eigenvalue weighted by molar-refractivity contribution is 0.0955. The summed E-state index contributed by atoms with van der Waals surface area (Å²) in [5.74, 6) is -0.250. The number of carbonyl (C=O) groups excluding carboxylic acids is 1. The van der Waals surface area contributed by atoms with E-state index in [-0.39, 0.29) is 5.91 Å². The Bertz CT molecular complexity index is 1240. The average Bonchev–Trinajstić information content (AvgIpc) is 3.14. The Balaban J connectivity index is 1.38. The zero-order valence-corrected chi connectivity index (χ0v) is 19.3. The van der Waals surface area contributed by atoms with E-state index < -0.39 is 0 Å². The molecule has 1 amide bonds. The van der Waals surface area contributed by atoms with E-state index in [1.807, 2.05) is 80.6 Å². The second-order valence-corrected chi connectivity index (χ2v) is 8.91. The van der Waals surface area contributed by atoms with Crippen molar-refractivity contribution in [3.63, 3.8) is 0 Å². The second kappa shape index (κ2) is 9.90. The molecule has 0 atom stereocenters. The summed E-state index contributed by atoms with van der Waals surface area (Å²) in [6.07, 6.45) is 1.64. The first-order valence-electron chi connectivity index (χ1n) is 10.1. The fourth-order valence-corrected chi connectivity index (χ4v) is 4.30. The van der Waals surface area contributed by atoms with Gasteiger partial charge < -0.3 is 4.57 Å². The molecule has 1 N–H and O–H groups in total. The highest BCUT2D eigenvalue weighted by atomic mass is 35.5. The predicted molar refractivity (Wildman–Crippen MR) is 132 cm³/mol. The number of nitrogens with one attached hydrogen (secondary N) is 1. The summed E-state index contributed by atoms with van der Waals surface area (Å²) in [7, 11) is 0. The van der Waals surface area contributed by atoms with E-state index in [2.05, 4.69) is 27.2 Å². The fraction of sp³-hybridized carbons (Fsp3) is 0.0769. The Morgan fingerprint density at radius 1 is 0.906 bits per heavy atom. The molecule has 0 radical (unpaired) electrons. The van der Waals surface area contributed by atoms with E-state index in [0.717, 1.165) is 37.5 Å². The first-order valence-corrected chi connectivity index (χ1v) is 11.3. The molecule has 3 aromatic carbocycles. The maximum Gasteiger partial charge on any atom is 0.271 e. The number of rotatable bonds is 6. The lowest BCUT2D eigenvalue weighted by Crippen LogP contribution is -2.18. The molecule has 0 aliphatic heterocycles. The molecule has 0 aliphatic rings. The minimum atomic E-state index is -0.250. The Kier molecular flexibility index (Phi) is 6.78. The molecule has 0 unspecified atom stereocenters. The number of aromatic nitrogens is 1. The molecule has 1 heterocycles. The first-order chi connectivity index (χ1) is 15.5. The minimum absolute atomic E-state index is 0.250. The van der Waals surface area contributed by atoms with E-state index in [1.54, 1.807) is 24.0 Å². The van der Waals surface area contributed by atoms with Crippen molar-refractivity contribution in [2.75, 3.05) is 0 Å². The molecule has 4 rings (SSSR count). The van der Waals surface area contributed by atoms with Crippen molar-refractivity contribution in [3.8, 4) is 5.69 Å². The molecule has 160 valence electrons. The summed E-state index contributed by atoms with van der Waals surface area (Å²) < 4.78 is 2.11. The summed E-state index contributed by atoms with van der Waals surface area (Å²) in [5, 5.41) is 4.84. The van der Waals surface area contributed by atoms with Crippen LogP contribution in [0.5, 0.6) is 0 Å². The third-order valence-corrected chi connectivity index (χ3v) is 6.21. The standard InChI is InChI=1S/C26H22ClN3OS/c1-18-6-7-19(2)30(18)23-5-3-4-21(16-23)26(31)29-28-17-20-8-12-24(13-9-20)32-25-14-10-22(27)11-15-25/h3-17H,1-2H3,(H,29,31)/b28-17-. The van der Waals surface area contributed by atoms with Crippen LogP contribution in [-0.2, 0) is 0 Å². The number of hydrogen-bond donors (Lipinski definition) is 1. The molecule has 4 nitrogen and oxygen atoms in total. The van der Waals surface area contributed by atoms with Crippen molar-refractivity contribution < 1.29 is 4.79 Å². The van der Waals surface area contributed by atoms with Gasteiger partial charge in [0, 0.05) is 37.5 Å². The van der Waals surface area contributed by atoms with Crippen molar-refractivity contribution in [1.82, 2.24) is 9.99 Å². The van der Waals surface area contributed by atoms with Crippen LogP contribution in [0.15, 0.2) is 99.8 Å². The third kappa shape index (κ3) is 5.31. The van der Waals surface area contributed by atoms with Gasteiger partial charge in [-0.25, -0.2) is 5.43 Å². The normalized spacial score (nSPS) is 11.1. The molecule has 0 spiro atoms. The van der Waals surface area contributed by atoms with Crippen molar-refractivity contribution in [1.29, 1.82) is 0 Å². The minimum Gasteiger partial charge on any atom is -0.318 e. The van der Waals surface area contributed by atoms with Crippen LogP contribution in [0, 0.1) is 13.8 Å². The number of amides is 1. The highest BCUT2D eigenvalue weighted by Crippen LogP contribution is 2.28. The number of benzene rings is 3. The largest absolute Gasteiger partial charge is 0.318 e. The van der Waals surface area contributed by atoms with Gasteiger partial charge in [0.05, 0.1) is 6.21 Å². The summed E-state index contributed by atoms with van der Waals surface area (Å²) in [5.41, 5.74) is 7.27. The van der Waals surface area contributed by atoms with E-state index in [0.29, 0.717) is 5.56 Å². The molecule has 32 heavy (non-hydrogen) atoms. The number of hydrazone groups is 1. The predicted octanol–water partition coefficient (Wildman–Crippen LogP) is 6.66. The topological polar surface area (TPSA) is 46.4 Å². The van der Waals surface area contributed by atoms with Crippen LogP contribution in [0.2, 0.25) is 5.02 Å². The second-order valence-electron chi connectivity index (χ2n) is 7.33. The Morgan fingerprint density at radius 2 is 1.53 bits per heavy atom. The van der Waals surface area contributed by atoms with Crippen LogP contribution in [0.3, 0.4) is 0 Å². The van der Waals surface area contributed by atoms with Crippen LogP contribution < -0.4 is 5.43 Å². The smallest absolute Gasteiger partial charge is 0.271 e. The van der Waals surface area contributed by atoms with Gasteiger partial charge in [0.1, 0.15) is 0 Å². The molecule has 0 saturated heterocycles. The van der Waals surface area contributed by atoms with Gasteiger partial charge >= 0.3 is 0 Å². The summed E-state index contributed by atoms with van der Waals surface area (Å²) in [4.78, 5) is 14.8. The molecular weight excluding hydrogens is 438 g/mol. The van der Waals surface area contributed by atoms with Crippen molar-refractivity contribution in [3.05, 3.63) is 112 Å². The Morgan fingerprint density at radius 3 is 2.19 bits per heavy atom. The highest BCUT2D eigenvalue weighted by Gasteiger charge is 2.08. The number of halogens is 1. The summed E-state index contributed by atoms with van der Waals surface area (Å²) in [6.45, 7) is 4.09. The van der Waals surface area contributed by atoms with Crippen molar-refractivity contribution in [2.24, 2.45) is 5.10 Å². The van der Waals surface area contributed by atoms with E-state index >= 15 is 0 Å². The number of nitrogens with zero attached hydrogens (tertiary/aromatic N) is 2. The van der Waals surface area contributed by atoms with Gasteiger partial charge in [-0.15, -0.1) is 0 Å². The Labute approximate surface area is 196 Å². The maximum atomic E-state index is 12.6. The first kappa shape index (κ1) is 21.9. The molecule has 0 bridgehead atoms. The van der Waals surface area contributed by atoms with Crippen LogP contribution in [-0.4, -0.2) is 16.7 Å². The molecule has 0 aliphatic carbocycles. The molecule has 6 heteroatoms.